The van der Waals surface area contributed by atoms with E-state index in [-0.39, 0.29) is 29.8 Å². The highest BCUT2D eigenvalue weighted by molar-refractivity contribution is 7.91. The van der Waals surface area contributed by atoms with E-state index in [4.69, 9.17) is 0 Å². The number of aromatic nitrogens is 2. The number of carbonyl (C=O) groups is 1. The minimum absolute atomic E-state index is 0.0575. The first-order valence-electron chi connectivity index (χ1n) is 4.81. The number of sulfone groups is 1. The molecule has 0 aromatic carbocycles. The van der Waals surface area contributed by atoms with Crippen LogP contribution in [0.15, 0.2) is 5.51 Å². The van der Waals surface area contributed by atoms with Crippen LogP contribution in [0.2, 0.25) is 0 Å². The van der Waals surface area contributed by atoms with Crippen LogP contribution in [-0.2, 0) is 14.6 Å². The number of anilines is 1. The standard InChI is InChI=1S/C8H11N3O3S2/c12-7(10-8-11-9-5-15-8)3-6-1-2-16(13,14)4-6/h5-6H,1-4H2,(H,10,11,12)/t6-/m1/s1. The van der Waals surface area contributed by atoms with Crippen molar-refractivity contribution in [1.82, 2.24) is 10.2 Å². The van der Waals surface area contributed by atoms with E-state index in [9.17, 15) is 13.2 Å². The summed E-state index contributed by atoms with van der Waals surface area (Å²) in [7, 11) is -2.91. The van der Waals surface area contributed by atoms with Crippen LogP contribution in [-0.4, -0.2) is 36.0 Å². The fourth-order valence-corrected chi connectivity index (χ4v) is 4.02. The van der Waals surface area contributed by atoms with Crippen LogP contribution in [0.4, 0.5) is 5.13 Å². The van der Waals surface area contributed by atoms with E-state index < -0.39 is 9.84 Å². The van der Waals surface area contributed by atoms with Gasteiger partial charge in [-0.2, -0.15) is 0 Å². The van der Waals surface area contributed by atoms with Gasteiger partial charge in [0.15, 0.2) is 9.84 Å². The highest BCUT2D eigenvalue weighted by Gasteiger charge is 2.29. The molecule has 0 spiro atoms. The van der Waals surface area contributed by atoms with Crippen LogP contribution in [0.3, 0.4) is 0 Å². The van der Waals surface area contributed by atoms with E-state index in [0.29, 0.717) is 11.6 Å². The van der Waals surface area contributed by atoms with E-state index >= 15 is 0 Å². The number of carbonyl (C=O) groups excluding carboxylic acids is 1. The third-order valence-corrected chi connectivity index (χ3v) is 4.85. The highest BCUT2D eigenvalue weighted by atomic mass is 32.2. The first kappa shape index (κ1) is 11.5. The Morgan fingerprint density at radius 1 is 1.62 bits per heavy atom. The summed E-state index contributed by atoms with van der Waals surface area (Å²) in [5.74, 6) is 0.0667. The molecule has 1 saturated heterocycles. The van der Waals surface area contributed by atoms with Gasteiger partial charge in [0.05, 0.1) is 11.5 Å². The third kappa shape index (κ3) is 2.99. The van der Waals surface area contributed by atoms with Crippen molar-refractivity contribution in [2.45, 2.75) is 12.8 Å². The normalized spacial score (nSPS) is 23.1. The van der Waals surface area contributed by atoms with Gasteiger partial charge in [0, 0.05) is 6.42 Å². The van der Waals surface area contributed by atoms with E-state index in [2.05, 4.69) is 15.5 Å². The van der Waals surface area contributed by atoms with E-state index in [1.165, 1.54) is 16.8 Å². The molecule has 2 rings (SSSR count). The molecular weight excluding hydrogens is 250 g/mol. The van der Waals surface area contributed by atoms with Crippen LogP contribution in [0, 0.1) is 5.92 Å². The monoisotopic (exact) mass is 261 g/mol. The van der Waals surface area contributed by atoms with Crippen molar-refractivity contribution in [2.24, 2.45) is 5.92 Å². The van der Waals surface area contributed by atoms with Crippen molar-refractivity contribution < 1.29 is 13.2 Å². The molecule has 1 atom stereocenters. The minimum Gasteiger partial charge on any atom is -0.301 e. The maximum atomic E-state index is 11.5. The molecule has 1 aromatic heterocycles. The fraction of sp³-hybridized carbons (Fsp3) is 0.625. The predicted octanol–water partition coefficient (Wildman–Crippen LogP) is 0.301. The zero-order chi connectivity index (χ0) is 11.6. The zero-order valence-electron chi connectivity index (χ0n) is 8.42. The predicted molar refractivity (Wildman–Crippen MR) is 59.9 cm³/mol. The summed E-state index contributed by atoms with van der Waals surface area (Å²) in [6, 6.07) is 0. The number of hydrogen-bond donors (Lipinski definition) is 1. The lowest BCUT2D eigenvalue weighted by atomic mass is 10.1. The Morgan fingerprint density at radius 3 is 3.00 bits per heavy atom. The molecule has 1 amide bonds. The van der Waals surface area contributed by atoms with Gasteiger partial charge in [0.1, 0.15) is 5.51 Å². The topological polar surface area (TPSA) is 89.0 Å². The molecule has 88 valence electrons. The lowest BCUT2D eigenvalue weighted by Gasteiger charge is -2.05. The van der Waals surface area contributed by atoms with E-state index in [1.807, 2.05) is 0 Å². The van der Waals surface area contributed by atoms with E-state index in [0.717, 1.165) is 0 Å². The molecule has 2 heterocycles. The first-order valence-corrected chi connectivity index (χ1v) is 7.52. The lowest BCUT2D eigenvalue weighted by Crippen LogP contribution is -2.17. The van der Waals surface area contributed by atoms with E-state index in [1.54, 1.807) is 0 Å². The highest BCUT2D eigenvalue weighted by Crippen LogP contribution is 2.22. The molecule has 1 aliphatic heterocycles. The number of nitrogens with zero attached hydrogens (tertiary/aromatic N) is 2. The van der Waals surface area contributed by atoms with Crippen molar-refractivity contribution in [1.29, 1.82) is 0 Å². The fourth-order valence-electron chi connectivity index (χ4n) is 1.69. The van der Waals surface area contributed by atoms with Crippen molar-refractivity contribution >= 4 is 32.2 Å². The zero-order valence-corrected chi connectivity index (χ0v) is 10.1. The van der Waals surface area contributed by atoms with Crippen LogP contribution >= 0.6 is 11.3 Å². The molecule has 1 N–H and O–H groups in total. The van der Waals surface area contributed by atoms with Gasteiger partial charge >= 0.3 is 0 Å². The van der Waals surface area contributed by atoms with Gasteiger partial charge in [-0.05, 0) is 12.3 Å². The first-order chi connectivity index (χ1) is 7.55. The lowest BCUT2D eigenvalue weighted by molar-refractivity contribution is -0.116. The molecule has 1 aromatic rings. The minimum atomic E-state index is -2.91. The van der Waals surface area contributed by atoms with Crippen molar-refractivity contribution in [3.63, 3.8) is 0 Å². The second-order valence-electron chi connectivity index (χ2n) is 3.77. The Labute approximate surface area is 97.0 Å². The average molecular weight is 261 g/mol. The van der Waals surface area contributed by atoms with Gasteiger partial charge < -0.3 is 5.32 Å². The van der Waals surface area contributed by atoms with Crippen LogP contribution in [0.1, 0.15) is 12.8 Å². The Balaban J connectivity index is 1.85. The summed E-state index contributed by atoms with van der Waals surface area (Å²) in [5, 5.41) is 10.3. The molecule has 0 bridgehead atoms. The molecule has 6 nitrogen and oxygen atoms in total. The molecule has 8 heteroatoms. The summed E-state index contributed by atoms with van der Waals surface area (Å²) in [6.45, 7) is 0. The van der Waals surface area contributed by atoms with Gasteiger partial charge in [-0.1, -0.05) is 11.3 Å². The SMILES string of the molecule is O=C(C[C@H]1CCS(=O)(=O)C1)Nc1nncs1. The molecule has 0 unspecified atom stereocenters. The summed E-state index contributed by atoms with van der Waals surface area (Å²) in [4.78, 5) is 11.5. The molecule has 1 aliphatic rings. The third-order valence-electron chi connectivity index (χ3n) is 2.41. The Kier molecular flexibility index (Phi) is 3.20. The van der Waals surface area contributed by atoms with Gasteiger partial charge in [-0.25, -0.2) is 8.42 Å². The molecule has 16 heavy (non-hydrogen) atoms. The maximum Gasteiger partial charge on any atom is 0.226 e. The van der Waals surface area contributed by atoms with Crippen molar-refractivity contribution in [3.8, 4) is 0 Å². The number of nitrogens with one attached hydrogen (secondary N) is 1. The Morgan fingerprint density at radius 2 is 2.44 bits per heavy atom. The summed E-state index contributed by atoms with van der Waals surface area (Å²) < 4.78 is 22.4. The summed E-state index contributed by atoms with van der Waals surface area (Å²) in [6.07, 6.45) is 0.810. The van der Waals surface area contributed by atoms with Crippen LogP contribution in [0.25, 0.3) is 0 Å². The summed E-state index contributed by atoms with van der Waals surface area (Å²) in [5.41, 5.74) is 1.52. The second kappa shape index (κ2) is 4.46. The van der Waals surface area contributed by atoms with Gasteiger partial charge in [0.2, 0.25) is 11.0 Å². The molecular formula is C8H11N3O3S2. The molecule has 1 fully saturated rings. The smallest absolute Gasteiger partial charge is 0.226 e. The van der Waals surface area contributed by atoms with Gasteiger partial charge in [0.25, 0.3) is 0 Å². The number of amides is 1. The molecule has 0 saturated carbocycles. The largest absolute Gasteiger partial charge is 0.301 e. The number of hydrogen-bond acceptors (Lipinski definition) is 6. The van der Waals surface area contributed by atoms with Gasteiger partial charge in [-0.15, -0.1) is 10.2 Å². The Hall–Kier alpha value is -1.02. The van der Waals surface area contributed by atoms with Crippen LogP contribution < -0.4 is 5.32 Å². The second-order valence-corrected chi connectivity index (χ2v) is 6.83. The van der Waals surface area contributed by atoms with Crippen LogP contribution in [0.5, 0.6) is 0 Å². The average Bonchev–Trinajstić information content (AvgIpc) is 2.76. The summed E-state index contributed by atoms with van der Waals surface area (Å²) >= 11 is 1.24. The Bertz CT molecular complexity index is 469. The quantitative estimate of drug-likeness (QED) is 0.845. The van der Waals surface area contributed by atoms with Crippen molar-refractivity contribution in [3.05, 3.63) is 5.51 Å². The molecule has 0 radical (unpaired) electrons. The van der Waals surface area contributed by atoms with Crippen molar-refractivity contribution in [2.75, 3.05) is 16.8 Å². The van der Waals surface area contributed by atoms with Gasteiger partial charge in [-0.3, -0.25) is 4.79 Å². The molecule has 0 aliphatic carbocycles. The maximum absolute atomic E-state index is 11.5. The number of rotatable bonds is 3.